The average Bonchev–Trinajstić information content (AvgIpc) is 2.91. The molecule has 1 N–H and O–H groups in total. The Kier molecular flexibility index (Phi) is 4.61. The predicted octanol–water partition coefficient (Wildman–Crippen LogP) is 2.82. The average molecular weight is 364 g/mol. The molecule has 0 fully saturated rings. The lowest BCUT2D eigenvalue weighted by Gasteiger charge is -2.10. The van der Waals surface area contributed by atoms with Gasteiger partial charge in [0.2, 0.25) is 5.89 Å². The summed E-state index contributed by atoms with van der Waals surface area (Å²) in [6, 6.07) is 2.89. The molecule has 112 valence electrons. The zero-order valence-electron chi connectivity index (χ0n) is 10.4. The van der Waals surface area contributed by atoms with Crippen LogP contribution in [-0.2, 0) is 12.6 Å². The topological polar surface area (TPSA) is 68.0 Å². The van der Waals surface area contributed by atoms with Crippen molar-refractivity contribution in [1.29, 1.82) is 0 Å². The molecule has 0 bridgehead atoms. The SMILES string of the molecule is O=C(NCCc1ncno1)c1cc(C(F)(F)F)ccc1Br. The van der Waals surface area contributed by atoms with E-state index in [0.29, 0.717) is 12.3 Å². The molecule has 0 aliphatic rings. The molecule has 1 amide bonds. The summed E-state index contributed by atoms with van der Waals surface area (Å²) in [5.74, 6) is -0.286. The highest BCUT2D eigenvalue weighted by Gasteiger charge is 2.31. The highest BCUT2D eigenvalue weighted by Crippen LogP contribution is 2.31. The van der Waals surface area contributed by atoms with Crippen LogP contribution in [0.15, 0.2) is 33.5 Å². The molecule has 0 saturated carbocycles. The maximum atomic E-state index is 12.6. The van der Waals surface area contributed by atoms with Crippen LogP contribution in [-0.4, -0.2) is 22.6 Å². The van der Waals surface area contributed by atoms with Crippen molar-refractivity contribution in [3.8, 4) is 0 Å². The van der Waals surface area contributed by atoms with Crippen molar-refractivity contribution in [2.75, 3.05) is 6.54 Å². The Morgan fingerprint density at radius 3 is 2.76 bits per heavy atom. The third-order valence-corrected chi connectivity index (χ3v) is 3.26. The number of rotatable bonds is 4. The van der Waals surface area contributed by atoms with Crippen LogP contribution >= 0.6 is 15.9 Å². The van der Waals surface area contributed by atoms with Crippen LogP contribution in [0.4, 0.5) is 13.2 Å². The molecule has 0 aliphatic carbocycles. The molecular formula is C12H9BrF3N3O2. The molecule has 0 spiro atoms. The van der Waals surface area contributed by atoms with Crippen molar-refractivity contribution >= 4 is 21.8 Å². The summed E-state index contributed by atoms with van der Waals surface area (Å²) < 4.78 is 42.9. The summed E-state index contributed by atoms with van der Waals surface area (Å²) >= 11 is 3.06. The lowest BCUT2D eigenvalue weighted by Crippen LogP contribution is -2.26. The van der Waals surface area contributed by atoms with Crippen molar-refractivity contribution in [2.24, 2.45) is 0 Å². The standard InChI is InChI=1S/C12H9BrF3N3O2/c13-9-2-1-7(12(14,15)16)5-8(9)11(20)17-4-3-10-18-6-19-21-10/h1-2,5-6H,3-4H2,(H,17,20). The fourth-order valence-electron chi connectivity index (χ4n) is 1.56. The number of amides is 1. The van der Waals surface area contributed by atoms with E-state index in [1.165, 1.54) is 12.4 Å². The van der Waals surface area contributed by atoms with Gasteiger partial charge < -0.3 is 9.84 Å². The van der Waals surface area contributed by atoms with Crippen molar-refractivity contribution < 1.29 is 22.5 Å². The van der Waals surface area contributed by atoms with E-state index in [0.717, 1.165) is 12.1 Å². The number of halogens is 4. The van der Waals surface area contributed by atoms with Gasteiger partial charge in [-0.2, -0.15) is 18.2 Å². The second-order valence-electron chi connectivity index (χ2n) is 4.03. The van der Waals surface area contributed by atoms with Gasteiger partial charge in [0.25, 0.3) is 5.91 Å². The molecule has 0 radical (unpaired) electrons. The van der Waals surface area contributed by atoms with Crippen LogP contribution in [0.3, 0.4) is 0 Å². The Morgan fingerprint density at radius 2 is 2.14 bits per heavy atom. The summed E-state index contributed by atoms with van der Waals surface area (Å²) in [6.45, 7) is 0.170. The summed E-state index contributed by atoms with van der Waals surface area (Å²) in [4.78, 5) is 15.7. The van der Waals surface area contributed by atoms with Gasteiger partial charge in [-0.3, -0.25) is 4.79 Å². The molecule has 0 aliphatic heterocycles. The smallest absolute Gasteiger partial charge is 0.351 e. The summed E-state index contributed by atoms with van der Waals surface area (Å²) in [5.41, 5.74) is -0.969. The number of nitrogens with zero attached hydrogens (tertiary/aromatic N) is 2. The zero-order chi connectivity index (χ0) is 15.5. The van der Waals surface area contributed by atoms with Gasteiger partial charge in [0.05, 0.1) is 11.1 Å². The Hall–Kier alpha value is -1.90. The number of hydrogen-bond acceptors (Lipinski definition) is 4. The minimum absolute atomic E-state index is 0.0876. The van der Waals surface area contributed by atoms with E-state index in [1.807, 2.05) is 0 Å². The van der Waals surface area contributed by atoms with Gasteiger partial charge in [-0.25, -0.2) is 0 Å². The van der Waals surface area contributed by atoms with E-state index >= 15 is 0 Å². The molecule has 5 nitrogen and oxygen atoms in total. The number of carbonyl (C=O) groups is 1. The van der Waals surface area contributed by atoms with E-state index < -0.39 is 17.6 Å². The lowest BCUT2D eigenvalue weighted by atomic mass is 10.1. The fourth-order valence-corrected chi connectivity index (χ4v) is 1.99. The van der Waals surface area contributed by atoms with Crippen LogP contribution in [0.5, 0.6) is 0 Å². The monoisotopic (exact) mass is 363 g/mol. The Bertz CT molecular complexity index is 629. The minimum Gasteiger partial charge on any atom is -0.351 e. The molecule has 9 heteroatoms. The van der Waals surface area contributed by atoms with E-state index in [1.54, 1.807) is 0 Å². The molecule has 21 heavy (non-hydrogen) atoms. The quantitative estimate of drug-likeness (QED) is 0.906. The molecule has 0 atom stereocenters. The van der Waals surface area contributed by atoms with Crippen molar-refractivity contribution in [3.63, 3.8) is 0 Å². The minimum atomic E-state index is -4.50. The maximum Gasteiger partial charge on any atom is 0.416 e. The highest BCUT2D eigenvalue weighted by molar-refractivity contribution is 9.10. The first kappa shape index (κ1) is 15.5. The van der Waals surface area contributed by atoms with Crippen molar-refractivity contribution in [2.45, 2.75) is 12.6 Å². The maximum absolute atomic E-state index is 12.6. The molecule has 1 aromatic heterocycles. The zero-order valence-corrected chi connectivity index (χ0v) is 12.0. The van der Waals surface area contributed by atoms with E-state index in [4.69, 9.17) is 4.52 Å². The Labute approximate surface area is 125 Å². The van der Waals surface area contributed by atoms with Gasteiger partial charge in [0.15, 0.2) is 6.33 Å². The van der Waals surface area contributed by atoms with Gasteiger partial charge in [0.1, 0.15) is 0 Å². The summed E-state index contributed by atoms with van der Waals surface area (Å²) in [5, 5.41) is 5.89. The Morgan fingerprint density at radius 1 is 1.38 bits per heavy atom. The second kappa shape index (κ2) is 6.25. The normalized spacial score (nSPS) is 11.4. The van der Waals surface area contributed by atoms with Gasteiger partial charge in [-0.05, 0) is 34.1 Å². The highest BCUT2D eigenvalue weighted by atomic mass is 79.9. The number of aromatic nitrogens is 2. The number of benzene rings is 1. The predicted molar refractivity (Wildman–Crippen MR) is 69.5 cm³/mol. The van der Waals surface area contributed by atoms with Gasteiger partial charge >= 0.3 is 6.18 Å². The second-order valence-corrected chi connectivity index (χ2v) is 4.89. The molecule has 2 aromatic rings. The third kappa shape index (κ3) is 4.03. The van der Waals surface area contributed by atoms with Gasteiger partial charge in [-0.1, -0.05) is 5.16 Å². The molecule has 2 rings (SSSR count). The van der Waals surface area contributed by atoms with Crippen LogP contribution < -0.4 is 5.32 Å². The molecular weight excluding hydrogens is 355 g/mol. The number of nitrogens with one attached hydrogen (secondary N) is 1. The van der Waals surface area contributed by atoms with Crippen LogP contribution in [0, 0.1) is 0 Å². The largest absolute Gasteiger partial charge is 0.416 e. The first-order chi connectivity index (χ1) is 9.88. The van der Waals surface area contributed by atoms with Crippen LogP contribution in [0.1, 0.15) is 21.8 Å². The van der Waals surface area contributed by atoms with Crippen molar-refractivity contribution in [1.82, 2.24) is 15.5 Å². The molecule has 1 aromatic carbocycles. The number of carbonyl (C=O) groups excluding carboxylic acids is 1. The summed E-state index contributed by atoms with van der Waals surface area (Å²) in [7, 11) is 0. The Balaban J connectivity index is 2.04. The lowest BCUT2D eigenvalue weighted by molar-refractivity contribution is -0.137. The molecule has 1 heterocycles. The van der Waals surface area contributed by atoms with E-state index in [-0.39, 0.29) is 16.6 Å². The summed E-state index contributed by atoms with van der Waals surface area (Å²) in [6.07, 6.45) is -2.98. The van der Waals surface area contributed by atoms with Gasteiger partial charge in [-0.15, -0.1) is 0 Å². The first-order valence-corrected chi connectivity index (χ1v) is 6.57. The van der Waals surface area contributed by atoms with E-state index in [9.17, 15) is 18.0 Å². The molecule has 0 saturated heterocycles. The number of hydrogen-bond donors (Lipinski definition) is 1. The fraction of sp³-hybridized carbons (Fsp3) is 0.250. The van der Waals surface area contributed by atoms with Crippen LogP contribution in [0.2, 0.25) is 0 Å². The van der Waals surface area contributed by atoms with Crippen molar-refractivity contribution in [3.05, 3.63) is 46.0 Å². The van der Waals surface area contributed by atoms with Crippen LogP contribution in [0.25, 0.3) is 0 Å². The van der Waals surface area contributed by atoms with E-state index in [2.05, 4.69) is 31.4 Å². The first-order valence-electron chi connectivity index (χ1n) is 5.78. The number of alkyl halides is 3. The molecule has 0 unspecified atom stereocenters. The third-order valence-electron chi connectivity index (χ3n) is 2.57. The van der Waals surface area contributed by atoms with Gasteiger partial charge in [0, 0.05) is 17.4 Å².